The topological polar surface area (TPSA) is 4.93 Å². The quantitative estimate of drug-likeness (QED) is 0.247. The third kappa shape index (κ3) is 2.73. The van der Waals surface area contributed by atoms with E-state index in [1.165, 1.54) is 60.2 Å². The standard InChI is InChI=1S/C32H21N/c1-3-11-22(12-4-1)28-19-23-20-30-27-17-9-10-18-31(27)33(24-13-5-2-6-14-24)32(30)21-29(23)26-16-8-7-15-25(26)28/h1-21H. The molecule has 0 saturated heterocycles. The van der Waals surface area contributed by atoms with Gasteiger partial charge in [-0.05, 0) is 69.1 Å². The molecule has 154 valence electrons. The lowest BCUT2D eigenvalue weighted by Gasteiger charge is -2.13. The third-order valence-electron chi connectivity index (χ3n) is 6.75. The van der Waals surface area contributed by atoms with Crippen LogP contribution in [0.25, 0.3) is 60.2 Å². The number of nitrogens with zero attached hydrogens (tertiary/aromatic N) is 1. The van der Waals surface area contributed by atoms with Crippen molar-refractivity contribution in [2.45, 2.75) is 0 Å². The van der Waals surface area contributed by atoms with Crippen LogP contribution < -0.4 is 0 Å². The summed E-state index contributed by atoms with van der Waals surface area (Å²) in [4.78, 5) is 0. The first-order chi connectivity index (χ1) is 16.4. The van der Waals surface area contributed by atoms with Crippen LogP contribution in [-0.4, -0.2) is 4.57 Å². The van der Waals surface area contributed by atoms with E-state index in [-0.39, 0.29) is 0 Å². The van der Waals surface area contributed by atoms with E-state index in [4.69, 9.17) is 0 Å². The van der Waals surface area contributed by atoms with Gasteiger partial charge < -0.3 is 4.57 Å². The normalized spacial score (nSPS) is 11.6. The molecule has 0 fully saturated rings. The van der Waals surface area contributed by atoms with E-state index < -0.39 is 0 Å². The Morgan fingerprint density at radius 1 is 0.394 bits per heavy atom. The first-order valence-electron chi connectivity index (χ1n) is 11.4. The summed E-state index contributed by atoms with van der Waals surface area (Å²) in [7, 11) is 0. The van der Waals surface area contributed by atoms with Gasteiger partial charge in [0.15, 0.2) is 0 Å². The van der Waals surface area contributed by atoms with Crippen molar-refractivity contribution in [3.05, 3.63) is 127 Å². The van der Waals surface area contributed by atoms with Gasteiger partial charge in [-0.1, -0.05) is 91.0 Å². The highest BCUT2D eigenvalue weighted by Gasteiger charge is 2.15. The molecule has 0 aliphatic carbocycles. The minimum Gasteiger partial charge on any atom is -0.309 e. The summed E-state index contributed by atoms with van der Waals surface area (Å²) in [5.41, 5.74) is 6.20. The van der Waals surface area contributed by atoms with Crippen LogP contribution >= 0.6 is 0 Å². The largest absolute Gasteiger partial charge is 0.309 e. The predicted molar refractivity (Wildman–Crippen MR) is 141 cm³/mol. The highest BCUT2D eigenvalue weighted by Crippen LogP contribution is 2.40. The lowest BCUT2D eigenvalue weighted by atomic mass is 9.92. The molecule has 0 unspecified atom stereocenters. The zero-order chi connectivity index (χ0) is 21.8. The highest BCUT2D eigenvalue weighted by molar-refractivity contribution is 6.20. The van der Waals surface area contributed by atoms with Gasteiger partial charge in [0.1, 0.15) is 0 Å². The summed E-state index contributed by atoms with van der Waals surface area (Å²) < 4.78 is 2.39. The van der Waals surface area contributed by atoms with Gasteiger partial charge in [-0.3, -0.25) is 0 Å². The lowest BCUT2D eigenvalue weighted by molar-refractivity contribution is 1.18. The van der Waals surface area contributed by atoms with E-state index in [9.17, 15) is 0 Å². The maximum absolute atomic E-state index is 2.39. The maximum atomic E-state index is 2.39. The van der Waals surface area contributed by atoms with Gasteiger partial charge in [0, 0.05) is 16.5 Å². The van der Waals surface area contributed by atoms with Gasteiger partial charge in [0.05, 0.1) is 11.0 Å². The van der Waals surface area contributed by atoms with Crippen molar-refractivity contribution < 1.29 is 0 Å². The zero-order valence-corrected chi connectivity index (χ0v) is 18.1. The Kier molecular flexibility index (Phi) is 3.91. The zero-order valence-electron chi connectivity index (χ0n) is 18.1. The van der Waals surface area contributed by atoms with Crippen molar-refractivity contribution in [3.8, 4) is 16.8 Å². The smallest absolute Gasteiger partial charge is 0.0547 e. The van der Waals surface area contributed by atoms with Crippen LogP contribution in [-0.2, 0) is 0 Å². The van der Waals surface area contributed by atoms with Crippen LogP contribution in [0.5, 0.6) is 0 Å². The molecule has 0 atom stereocenters. The molecule has 1 heterocycles. The molecule has 0 aliphatic heterocycles. The molecule has 7 rings (SSSR count). The monoisotopic (exact) mass is 419 g/mol. The average Bonchev–Trinajstić information content (AvgIpc) is 3.21. The second kappa shape index (κ2) is 7.08. The van der Waals surface area contributed by atoms with Crippen LogP contribution in [0.2, 0.25) is 0 Å². The van der Waals surface area contributed by atoms with E-state index in [2.05, 4.69) is 132 Å². The second-order valence-electron chi connectivity index (χ2n) is 8.61. The molecule has 0 N–H and O–H groups in total. The number of rotatable bonds is 2. The predicted octanol–water partition coefficient (Wildman–Crippen LogP) is 8.76. The van der Waals surface area contributed by atoms with Crippen LogP contribution in [0, 0.1) is 0 Å². The molecule has 6 aromatic carbocycles. The van der Waals surface area contributed by atoms with Gasteiger partial charge in [0.25, 0.3) is 0 Å². The van der Waals surface area contributed by atoms with Crippen LogP contribution in [0.4, 0.5) is 0 Å². The molecule has 1 nitrogen and oxygen atoms in total. The molecular formula is C32H21N. The number of para-hydroxylation sites is 2. The summed E-state index contributed by atoms with van der Waals surface area (Å²) in [5.74, 6) is 0. The lowest BCUT2D eigenvalue weighted by Crippen LogP contribution is -1.93. The number of aromatic nitrogens is 1. The fourth-order valence-electron chi connectivity index (χ4n) is 5.28. The van der Waals surface area contributed by atoms with Gasteiger partial charge in [-0.15, -0.1) is 0 Å². The molecule has 7 aromatic rings. The summed E-state index contributed by atoms with van der Waals surface area (Å²) >= 11 is 0. The van der Waals surface area contributed by atoms with Crippen LogP contribution in [0.15, 0.2) is 127 Å². The highest BCUT2D eigenvalue weighted by atomic mass is 15.0. The molecule has 1 aromatic heterocycles. The van der Waals surface area contributed by atoms with Crippen molar-refractivity contribution in [3.63, 3.8) is 0 Å². The maximum Gasteiger partial charge on any atom is 0.0547 e. The van der Waals surface area contributed by atoms with Crippen molar-refractivity contribution in [2.75, 3.05) is 0 Å². The molecule has 0 spiro atoms. The van der Waals surface area contributed by atoms with E-state index in [0.717, 1.165) is 0 Å². The molecule has 0 amide bonds. The summed E-state index contributed by atoms with van der Waals surface area (Å²) in [5, 5.41) is 7.72. The minimum absolute atomic E-state index is 1.19. The number of hydrogen-bond acceptors (Lipinski definition) is 0. The van der Waals surface area contributed by atoms with E-state index in [1.807, 2.05) is 0 Å². The molecule has 0 aliphatic rings. The van der Waals surface area contributed by atoms with Crippen molar-refractivity contribution in [2.24, 2.45) is 0 Å². The van der Waals surface area contributed by atoms with Gasteiger partial charge >= 0.3 is 0 Å². The fraction of sp³-hybridized carbons (Fsp3) is 0. The Morgan fingerprint density at radius 3 is 1.82 bits per heavy atom. The molecule has 0 radical (unpaired) electrons. The van der Waals surface area contributed by atoms with Crippen molar-refractivity contribution in [1.29, 1.82) is 0 Å². The molecular weight excluding hydrogens is 398 g/mol. The Bertz CT molecular complexity index is 1790. The summed E-state index contributed by atoms with van der Waals surface area (Å²) in [6.07, 6.45) is 0. The average molecular weight is 420 g/mol. The Labute approximate surface area is 192 Å². The number of hydrogen-bond donors (Lipinski definition) is 0. The third-order valence-corrected chi connectivity index (χ3v) is 6.75. The Balaban J connectivity index is 1.67. The van der Waals surface area contributed by atoms with Crippen molar-refractivity contribution >= 4 is 43.4 Å². The summed E-state index contributed by atoms with van der Waals surface area (Å²) in [6.45, 7) is 0. The first-order valence-corrected chi connectivity index (χ1v) is 11.4. The number of fused-ring (bicyclic) bond motifs is 6. The van der Waals surface area contributed by atoms with Crippen LogP contribution in [0.3, 0.4) is 0 Å². The van der Waals surface area contributed by atoms with Gasteiger partial charge in [-0.2, -0.15) is 0 Å². The summed E-state index contributed by atoms with van der Waals surface area (Å²) in [6, 6.07) is 46.0. The van der Waals surface area contributed by atoms with E-state index in [0.29, 0.717) is 0 Å². The molecule has 33 heavy (non-hydrogen) atoms. The fourth-order valence-corrected chi connectivity index (χ4v) is 5.28. The molecule has 1 heteroatoms. The second-order valence-corrected chi connectivity index (χ2v) is 8.61. The van der Waals surface area contributed by atoms with Gasteiger partial charge in [-0.25, -0.2) is 0 Å². The Morgan fingerprint density at radius 2 is 1.03 bits per heavy atom. The molecule has 0 saturated carbocycles. The SMILES string of the molecule is c1ccc(-c2cc3cc4c5ccccc5n(-c5ccccc5)c4cc3c3ccccc23)cc1. The van der Waals surface area contributed by atoms with E-state index in [1.54, 1.807) is 0 Å². The van der Waals surface area contributed by atoms with Crippen molar-refractivity contribution in [1.82, 2.24) is 4.57 Å². The van der Waals surface area contributed by atoms with E-state index >= 15 is 0 Å². The number of benzene rings is 6. The Hall–Kier alpha value is -4.36. The molecule has 0 bridgehead atoms. The van der Waals surface area contributed by atoms with Crippen LogP contribution in [0.1, 0.15) is 0 Å². The minimum atomic E-state index is 1.19. The first kappa shape index (κ1) is 18.2. The van der Waals surface area contributed by atoms with Gasteiger partial charge in [0.2, 0.25) is 0 Å².